The van der Waals surface area contributed by atoms with Gasteiger partial charge in [-0.2, -0.15) is 0 Å². The number of likely N-dealkylation sites (N-methyl/N-ethyl adjacent to an activating group) is 1. The first-order valence-corrected chi connectivity index (χ1v) is 11.9. The van der Waals surface area contributed by atoms with Crippen LogP contribution in [0, 0.1) is 5.92 Å². The summed E-state index contributed by atoms with van der Waals surface area (Å²) in [5.74, 6) is 1.84. The summed E-state index contributed by atoms with van der Waals surface area (Å²) in [4.78, 5) is 12.1. The van der Waals surface area contributed by atoms with Gasteiger partial charge in [0.15, 0.2) is 5.96 Å². The molecule has 1 aromatic rings. The number of hydrogen-bond donors (Lipinski definition) is 1. The van der Waals surface area contributed by atoms with E-state index in [-0.39, 0.29) is 24.0 Å². The number of hydrogen-bond acceptors (Lipinski definition) is 4. The predicted octanol–water partition coefficient (Wildman–Crippen LogP) is 3.53. The van der Waals surface area contributed by atoms with Crippen molar-refractivity contribution in [3.05, 3.63) is 30.3 Å². The Labute approximate surface area is 206 Å². The Bertz CT molecular complexity index is 618. The summed E-state index contributed by atoms with van der Waals surface area (Å²) in [6, 6.07) is 10.8. The normalized spacial score (nSPS) is 17.4. The molecule has 0 spiro atoms. The molecule has 0 bridgehead atoms. The van der Waals surface area contributed by atoms with Crippen LogP contribution in [0.3, 0.4) is 0 Å². The van der Waals surface area contributed by atoms with Gasteiger partial charge in [0, 0.05) is 65.2 Å². The number of benzene rings is 1. The van der Waals surface area contributed by atoms with Crippen LogP contribution in [0.25, 0.3) is 0 Å². The topological polar surface area (TPSA) is 43.3 Å². The standard InChI is InChI=1S/C24H41N5O.HI/c1-3-25-24(27(2)19-20-30-21-22-11-12-22)26-13-7-8-14-28-15-17-29(18-16-28)23-9-5-4-6-10-23;/h4-6,9-10,22H,3,7-8,11-21H2,1-2H3,(H,25,26);1H. The van der Waals surface area contributed by atoms with E-state index >= 15 is 0 Å². The number of nitrogens with one attached hydrogen (secondary N) is 1. The number of para-hydroxylation sites is 1. The summed E-state index contributed by atoms with van der Waals surface area (Å²) in [5.41, 5.74) is 1.35. The Morgan fingerprint density at radius 3 is 2.55 bits per heavy atom. The van der Waals surface area contributed by atoms with Crippen LogP contribution in [0.15, 0.2) is 35.3 Å². The number of ether oxygens (including phenoxy) is 1. The van der Waals surface area contributed by atoms with Crippen molar-refractivity contribution in [2.75, 3.05) is 77.5 Å². The minimum atomic E-state index is 0. The third-order valence-corrected chi connectivity index (χ3v) is 5.96. The lowest BCUT2D eigenvalue weighted by Gasteiger charge is -2.36. The molecular formula is C24H42IN5O. The quantitative estimate of drug-likeness (QED) is 0.189. The van der Waals surface area contributed by atoms with E-state index in [1.54, 1.807) is 0 Å². The van der Waals surface area contributed by atoms with Crippen LogP contribution in [0.2, 0.25) is 0 Å². The number of piperazine rings is 1. The van der Waals surface area contributed by atoms with E-state index in [1.165, 1.54) is 31.5 Å². The van der Waals surface area contributed by atoms with E-state index in [4.69, 9.17) is 9.73 Å². The monoisotopic (exact) mass is 543 g/mol. The average molecular weight is 544 g/mol. The van der Waals surface area contributed by atoms with Gasteiger partial charge in [0.25, 0.3) is 0 Å². The summed E-state index contributed by atoms with van der Waals surface area (Å²) < 4.78 is 5.77. The smallest absolute Gasteiger partial charge is 0.193 e. The molecule has 3 rings (SSSR count). The third-order valence-electron chi connectivity index (χ3n) is 5.96. The van der Waals surface area contributed by atoms with E-state index in [0.717, 1.165) is 77.3 Å². The molecule has 0 unspecified atom stereocenters. The van der Waals surface area contributed by atoms with Gasteiger partial charge in [-0.25, -0.2) is 0 Å². The molecule has 2 aliphatic rings. The zero-order chi connectivity index (χ0) is 21.0. The fraction of sp³-hybridized carbons (Fsp3) is 0.708. The van der Waals surface area contributed by atoms with Crippen LogP contribution in [0.4, 0.5) is 5.69 Å². The molecule has 2 fully saturated rings. The summed E-state index contributed by atoms with van der Waals surface area (Å²) in [6.45, 7) is 12.3. The number of halogens is 1. The molecule has 0 atom stereocenters. The molecule has 1 aliphatic heterocycles. The lowest BCUT2D eigenvalue weighted by atomic mass is 10.2. The fourth-order valence-electron chi connectivity index (χ4n) is 3.81. The van der Waals surface area contributed by atoms with Crippen molar-refractivity contribution in [2.24, 2.45) is 10.9 Å². The van der Waals surface area contributed by atoms with Crippen LogP contribution in [-0.2, 0) is 4.74 Å². The van der Waals surface area contributed by atoms with Crippen LogP contribution in [0.5, 0.6) is 0 Å². The van der Waals surface area contributed by atoms with Crippen LogP contribution >= 0.6 is 24.0 Å². The van der Waals surface area contributed by atoms with Crippen molar-refractivity contribution in [3.8, 4) is 0 Å². The Kier molecular flexibility index (Phi) is 12.6. The molecular weight excluding hydrogens is 501 g/mol. The maximum absolute atomic E-state index is 5.77. The minimum absolute atomic E-state index is 0. The number of anilines is 1. The lowest BCUT2D eigenvalue weighted by molar-refractivity contribution is 0.115. The van der Waals surface area contributed by atoms with E-state index < -0.39 is 0 Å². The van der Waals surface area contributed by atoms with Gasteiger partial charge in [-0.1, -0.05) is 18.2 Å². The highest BCUT2D eigenvalue weighted by Gasteiger charge is 2.21. The average Bonchev–Trinajstić information content (AvgIpc) is 3.61. The summed E-state index contributed by atoms with van der Waals surface area (Å²) >= 11 is 0. The molecule has 1 saturated heterocycles. The van der Waals surface area contributed by atoms with Gasteiger partial charge in [0.2, 0.25) is 0 Å². The molecule has 7 heteroatoms. The highest BCUT2D eigenvalue weighted by molar-refractivity contribution is 14.0. The van der Waals surface area contributed by atoms with E-state index in [9.17, 15) is 0 Å². The Morgan fingerprint density at radius 1 is 1.13 bits per heavy atom. The van der Waals surface area contributed by atoms with Gasteiger partial charge >= 0.3 is 0 Å². The maximum atomic E-state index is 5.77. The van der Waals surface area contributed by atoms with Crippen LogP contribution < -0.4 is 10.2 Å². The zero-order valence-electron chi connectivity index (χ0n) is 19.5. The van der Waals surface area contributed by atoms with E-state index in [2.05, 4.69) is 64.3 Å². The largest absolute Gasteiger partial charge is 0.379 e. The number of nitrogens with zero attached hydrogens (tertiary/aromatic N) is 4. The highest BCUT2D eigenvalue weighted by Crippen LogP contribution is 2.28. The second-order valence-electron chi connectivity index (χ2n) is 8.55. The lowest BCUT2D eigenvalue weighted by Crippen LogP contribution is -2.46. The van der Waals surface area contributed by atoms with Crippen LogP contribution in [-0.4, -0.2) is 88.4 Å². The minimum Gasteiger partial charge on any atom is -0.379 e. The second-order valence-corrected chi connectivity index (χ2v) is 8.55. The first-order chi connectivity index (χ1) is 14.8. The van der Waals surface area contributed by atoms with Gasteiger partial charge in [0.1, 0.15) is 0 Å². The Hall–Kier alpha value is -1.06. The predicted molar refractivity (Wildman–Crippen MR) is 142 cm³/mol. The van der Waals surface area contributed by atoms with Crippen molar-refractivity contribution in [1.29, 1.82) is 0 Å². The molecule has 176 valence electrons. The summed E-state index contributed by atoms with van der Waals surface area (Å²) in [5, 5.41) is 3.41. The Morgan fingerprint density at radius 2 is 1.87 bits per heavy atom. The van der Waals surface area contributed by atoms with Gasteiger partial charge in [-0.15, -0.1) is 24.0 Å². The molecule has 1 saturated carbocycles. The molecule has 1 heterocycles. The second kappa shape index (κ2) is 14.9. The van der Waals surface area contributed by atoms with Gasteiger partial charge < -0.3 is 19.9 Å². The first kappa shape index (κ1) is 26.2. The van der Waals surface area contributed by atoms with Crippen molar-refractivity contribution in [1.82, 2.24) is 15.1 Å². The van der Waals surface area contributed by atoms with Crippen LogP contribution in [0.1, 0.15) is 32.6 Å². The summed E-state index contributed by atoms with van der Waals surface area (Å²) in [7, 11) is 2.11. The maximum Gasteiger partial charge on any atom is 0.193 e. The molecule has 6 nitrogen and oxygen atoms in total. The molecule has 31 heavy (non-hydrogen) atoms. The van der Waals surface area contributed by atoms with Crippen molar-refractivity contribution in [3.63, 3.8) is 0 Å². The van der Waals surface area contributed by atoms with E-state index in [0.29, 0.717) is 0 Å². The number of guanidine groups is 1. The molecule has 0 radical (unpaired) electrons. The fourth-order valence-corrected chi connectivity index (χ4v) is 3.81. The molecule has 0 amide bonds. The molecule has 1 aliphatic carbocycles. The van der Waals surface area contributed by atoms with Crippen molar-refractivity contribution in [2.45, 2.75) is 32.6 Å². The Balaban J connectivity index is 0.00000341. The van der Waals surface area contributed by atoms with Crippen molar-refractivity contribution < 1.29 is 4.74 Å². The SMILES string of the molecule is CCNC(=NCCCCN1CCN(c2ccccc2)CC1)N(C)CCOCC1CC1.I. The van der Waals surface area contributed by atoms with Gasteiger partial charge in [-0.3, -0.25) is 9.89 Å². The number of unbranched alkanes of at least 4 members (excludes halogenated alkanes) is 1. The molecule has 1 aromatic carbocycles. The highest BCUT2D eigenvalue weighted by atomic mass is 127. The number of aliphatic imine (C=N–C) groups is 1. The van der Waals surface area contributed by atoms with E-state index in [1.807, 2.05) is 0 Å². The van der Waals surface area contributed by atoms with Gasteiger partial charge in [-0.05, 0) is 57.2 Å². The molecule has 1 N–H and O–H groups in total. The van der Waals surface area contributed by atoms with Crippen molar-refractivity contribution >= 4 is 35.6 Å². The van der Waals surface area contributed by atoms with Gasteiger partial charge in [0.05, 0.1) is 6.61 Å². The zero-order valence-corrected chi connectivity index (χ0v) is 21.8. The molecule has 0 aromatic heterocycles. The summed E-state index contributed by atoms with van der Waals surface area (Å²) in [6.07, 6.45) is 5.05. The number of rotatable bonds is 12. The third kappa shape index (κ3) is 9.95. The first-order valence-electron chi connectivity index (χ1n) is 11.9.